The van der Waals surface area contributed by atoms with Crippen molar-refractivity contribution in [2.45, 2.75) is 44.8 Å². The Labute approximate surface area is 204 Å². The predicted octanol–water partition coefficient (Wildman–Crippen LogP) is 4.95. The number of carbonyl (C=O) groups is 1. The van der Waals surface area contributed by atoms with Crippen molar-refractivity contribution in [3.8, 4) is 16.3 Å². The van der Waals surface area contributed by atoms with E-state index in [9.17, 15) is 9.90 Å². The molecule has 1 N–H and O–H groups in total. The summed E-state index contributed by atoms with van der Waals surface area (Å²) in [6.45, 7) is 7.75. The lowest BCUT2D eigenvalue weighted by molar-refractivity contribution is 0.0385. The van der Waals surface area contributed by atoms with E-state index in [1.807, 2.05) is 12.1 Å². The summed E-state index contributed by atoms with van der Waals surface area (Å²) in [5, 5.41) is 12.8. The van der Waals surface area contributed by atoms with Gasteiger partial charge in [-0.2, -0.15) is 0 Å². The minimum absolute atomic E-state index is 0.0605. The van der Waals surface area contributed by atoms with Crippen LogP contribution < -0.4 is 0 Å². The maximum atomic E-state index is 12.0. The van der Waals surface area contributed by atoms with Crippen molar-refractivity contribution in [1.82, 2.24) is 14.8 Å². The molecule has 0 radical (unpaired) electrons. The number of fused-ring (bicyclic) bond motifs is 1. The fraction of sp³-hybridized carbons (Fsp3) is 0.407. The van der Waals surface area contributed by atoms with Gasteiger partial charge in [-0.15, -0.1) is 11.3 Å². The fourth-order valence-electron chi connectivity index (χ4n) is 5.35. The molecule has 0 bridgehead atoms. The van der Waals surface area contributed by atoms with Gasteiger partial charge in [-0.05, 0) is 56.5 Å². The van der Waals surface area contributed by atoms with Crippen LogP contribution in [0.4, 0.5) is 0 Å². The first-order valence-corrected chi connectivity index (χ1v) is 12.9. The Kier molecular flexibility index (Phi) is 6.68. The molecule has 1 aromatic heterocycles. The second-order valence-corrected chi connectivity index (χ2v) is 10.1. The Hall–Kier alpha value is -2.74. The molecule has 0 aliphatic carbocycles. The number of aromatic hydroxyl groups is 1. The van der Waals surface area contributed by atoms with Crippen molar-refractivity contribution < 1.29 is 14.6 Å². The zero-order valence-corrected chi connectivity index (χ0v) is 20.5. The Morgan fingerprint density at radius 2 is 2.03 bits per heavy atom. The van der Waals surface area contributed by atoms with Crippen LogP contribution in [0.5, 0.6) is 5.75 Å². The molecule has 2 aliphatic heterocycles. The number of thiazole rings is 1. The third-order valence-corrected chi connectivity index (χ3v) is 7.86. The fourth-order valence-corrected chi connectivity index (χ4v) is 6.15. The highest BCUT2D eigenvalue weighted by atomic mass is 32.1. The van der Waals surface area contributed by atoms with Gasteiger partial charge in [0.05, 0.1) is 12.6 Å². The van der Waals surface area contributed by atoms with Gasteiger partial charge >= 0.3 is 5.97 Å². The standard InChI is InChI=1S/C27H31N3O3S/c1-3-33-27(32)24-17-34-26(28-24)20-11-9-19(10-12-20)25(21-6-4-8-23(31)14-21)30-16-22-7-5-13-29(22)15-18(30)2/h4,6,8-12,14,17-18,22,25,31H,3,5,7,13,15-16H2,1-2H3/t18-,22+,25-/m1/s1. The summed E-state index contributed by atoms with van der Waals surface area (Å²) in [5.41, 5.74) is 3.62. The van der Waals surface area contributed by atoms with Gasteiger partial charge in [-0.25, -0.2) is 9.78 Å². The molecule has 2 fully saturated rings. The molecule has 3 aromatic rings. The summed E-state index contributed by atoms with van der Waals surface area (Å²) in [6, 6.07) is 17.2. The van der Waals surface area contributed by atoms with Crippen LogP contribution >= 0.6 is 11.3 Å². The summed E-state index contributed by atoms with van der Waals surface area (Å²) in [6.07, 6.45) is 2.53. The van der Waals surface area contributed by atoms with Crippen LogP contribution in [0, 0.1) is 0 Å². The van der Waals surface area contributed by atoms with E-state index in [-0.39, 0.29) is 12.0 Å². The molecule has 34 heavy (non-hydrogen) atoms. The molecule has 2 aliphatic rings. The van der Waals surface area contributed by atoms with E-state index in [1.165, 1.54) is 36.3 Å². The van der Waals surface area contributed by atoms with E-state index in [0.717, 1.165) is 29.2 Å². The molecule has 0 saturated carbocycles. The van der Waals surface area contributed by atoms with E-state index in [2.05, 4.69) is 52.0 Å². The van der Waals surface area contributed by atoms with Crippen molar-refractivity contribution in [1.29, 1.82) is 0 Å². The smallest absolute Gasteiger partial charge is 0.357 e. The van der Waals surface area contributed by atoms with Gasteiger partial charge in [-0.1, -0.05) is 36.4 Å². The second-order valence-electron chi connectivity index (χ2n) is 9.21. The SMILES string of the molecule is CCOC(=O)c1csc(-c2ccc([C@H](c3cccc(O)c3)N3C[C@@H]4CCCN4C[C@H]3C)cc2)n1. The van der Waals surface area contributed by atoms with Gasteiger partial charge in [0.1, 0.15) is 10.8 Å². The van der Waals surface area contributed by atoms with Crippen LogP contribution in [0.1, 0.15) is 54.3 Å². The first kappa shape index (κ1) is 23.0. The van der Waals surface area contributed by atoms with Gasteiger partial charge in [0.25, 0.3) is 0 Å². The Morgan fingerprint density at radius 1 is 1.21 bits per heavy atom. The van der Waals surface area contributed by atoms with Crippen LogP contribution in [0.2, 0.25) is 0 Å². The first-order chi connectivity index (χ1) is 16.5. The predicted molar refractivity (Wildman–Crippen MR) is 134 cm³/mol. The van der Waals surface area contributed by atoms with Gasteiger partial charge in [0, 0.05) is 36.1 Å². The number of aromatic nitrogens is 1. The highest BCUT2D eigenvalue weighted by Crippen LogP contribution is 2.37. The van der Waals surface area contributed by atoms with Crippen LogP contribution in [-0.4, -0.2) is 64.2 Å². The van der Waals surface area contributed by atoms with Crippen molar-refractivity contribution in [2.24, 2.45) is 0 Å². The summed E-state index contributed by atoms with van der Waals surface area (Å²) in [5.74, 6) is -0.0915. The van der Waals surface area contributed by atoms with E-state index in [1.54, 1.807) is 18.4 Å². The molecule has 5 rings (SSSR count). The molecular formula is C27H31N3O3S. The normalized spacial score (nSPS) is 21.8. The van der Waals surface area contributed by atoms with Crippen molar-refractivity contribution in [2.75, 3.05) is 26.2 Å². The zero-order chi connectivity index (χ0) is 23.7. The third-order valence-electron chi connectivity index (χ3n) is 6.97. The Balaban J connectivity index is 1.45. The quantitative estimate of drug-likeness (QED) is 0.507. The minimum atomic E-state index is -0.384. The van der Waals surface area contributed by atoms with Gasteiger partial charge in [0.15, 0.2) is 5.69 Å². The number of carbonyl (C=O) groups excluding carboxylic acids is 1. The van der Waals surface area contributed by atoms with Crippen LogP contribution in [-0.2, 0) is 4.74 Å². The van der Waals surface area contributed by atoms with Gasteiger partial charge < -0.3 is 9.84 Å². The Bertz CT molecular complexity index is 1150. The zero-order valence-electron chi connectivity index (χ0n) is 19.7. The molecular weight excluding hydrogens is 446 g/mol. The number of rotatable bonds is 6. The highest BCUT2D eigenvalue weighted by Gasteiger charge is 2.38. The van der Waals surface area contributed by atoms with Crippen LogP contribution in [0.15, 0.2) is 53.9 Å². The van der Waals surface area contributed by atoms with Crippen molar-refractivity contribution >= 4 is 17.3 Å². The number of piperazine rings is 1. The number of phenolic OH excluding ortho intramolecular Hbond substituents is 1. The number of ether oxygens (including phenoxy) is 1. The largest absolute Gasteiger partial charge is 0.508 e. The first-order valence-electron chi connectivity index (χ1n) is 12.0. The number of hydrogen-bond acceptors (Lipinski definition) is 7. The monoisotopic (exact) mass is 477 g/mol. The average molecular weight is 478 g/mol. The highest BCUT2D eigenvalue weighted by molar-refractivity contribution is 7.13. The summed E-state index contributed by atoms with van der Waals surface area (Å²) < 4.78 is 5.07. The molecule has 0 unspecified atom stereocenters. The Morgan fingerprint density at radius 3 is 2.79 bits per heavy atom. The number of phenols is 1. The van der Waals surface area contributed by atoms with Crippen LogP contribution in [0.3, 0.4) is 0 Å². The van der Waals surface area contributed by atoms with E-state index in [4.69, 9.17) is 4.74 Å². The lowest BCUT2D eigenvalue weighted by Gasteiger charge is -2.46. The number of esters is 1. The summed E-state index contributed by atoms with van der Waals surface area (Å²) in [7, 11) is 0. The molecule has 7 heteroatoms. The molecule has 0 spiro atoms. The number of benzene rings is 2. The summed E-state index contributed by atoms with van der Waals surface area (Å²) in [4.78, 5) is 21.7. The lowest BCUT2D eigenvalue weighted by Crippen LogP contribution is -2.55. The third kappa shape index (κ3) is 4.60. The van der Waals surface area contributed by atoms with Gasteiger partial charge in [-0.3, -0.25) is 9.80 Å². The lowest BCUT2D eigenvalue weighted by atomic mass is 9.93. The maximum absolute atomic E-state index is 12.0. The molecule has 6 nitrogen and oxygen atoms in total. The molecule has 2 saturated heterocycles. The number of nitrogens with zero attached hydrogens (tertiary/aromatic N) is 3. The van der Waals surface area contributed by atoms with E-state index < -0.39 is 0 Å². The molecule has 3 heterocycles. The van der Waals surface area contributed by atoms with E-state index in [0.29, 0.717) is 30.1 Å². The molecule has 3 atom stereocenters. The van der Waals surface area contributed by atoms with Crippen molar-refractivity contribution in [3.63, 3.8) is 0 Å². The second kappa shape index (κ2) is 9.86. The topological polar surface area (TPSA) is 65.9 Å². The maximum Gasteiger partial charge on any atom is 0.357 e. The summed E-state index contributed by atoms with van der Waals surface area (Å²) >= 11 is 1.45. The van der Waals surface area contributed by atoms with Crippen LogP contribution in [0.25, 0.3) is 10.6 Å². The molecule has 0 amide bonds. The van der Waals surface area contributed by atoms with Crippen molar-refractivity contribution in [3.05, 3.63) is 70.7 Å². The average Bonchev–Trinajstić information content (AvgIpc) is 3.50. The molecule has 178 valence electrons. The number of hydrogen-bond donors (Lipinski definition) is 1. The van der Waals surface area contributed by atoms with E-state index >= 15 is 0 Å². The minimum Gasteiger partial charge on any atom is -0.508 e. The molecule has 2 aromatic carbocycles. The van der Waals surface area contributed by atoms with Gasteiger partial charge in [0.2, 0.25) is 0 Å².